The van der Waals surface area contributed by atoms with E-state index >= 15 is 0 Å². The van der Waals surface area contributed by atoms with E-state index in [-0.39, 0.29) is 12.2 Å². The van der Waals surface area contributed by atoms with Gasteiger partial charge < -0.3 is 14.8 Å². The van der Waals surface area contributed by atoms with Crippen molar-refractivity contribution in [2.45, 2.75) is 26.3 Å². The molecular formula is C21H21N3O5. The van der Waals surface area contributed by atoms with Crippen LogP contribution in [-0.4, -0.2) is 26.6 Å². The second-order valence-electron chi connectivity index (χ2n) is 6.46. The number of hydrazine groups is 1. The monoisotopic (exact) mass is 395 g/mol. The number of para-hydroxylation sites is 1. The van der Waals surface area contributed by atoms with E-state index in [0.29, 0.717) is 23.9 Å². The molecule has 3 rings (SSSR count). The van der Waals surface area contributed by atoms with Crippen LogP contribution in [-0.2, 0) is 17.8 Å². The molecule has 2 aromatic carbocycles. The molecule has 150 valence electrons. The third-order valence-corrected chi connectivity index (χ3v) is 4.58. The summed E-state index contributed by atoms with van der Waals surface area (Å²) in [6.45, 7) is 2.08. The van der Waals surface area contributed by atoms with Crippen LogP contribution in [0.2, 0.25) is 0 Å². The van der Waals surface area contributed by atoms with E-state index in [9.17, 15) is 24.6 Å². The molecule has 29 heavy (non-hydrogen) atoms. The molecule has 4 N–H and O–H groups in total. The second kappa shape index (κ2) is 8.47. The fourth-order valence-corrected chi connectivity index (χ4v) is 3.08. The highest BCUT2D eigenvalue weighted by Gasteiger charge is 2.22. The minimum Gasteiger partial charge on any atom is -0.508 e. The van der Waals surface area contributed by atoms with E-state index in [1.165, 1.54) is 16.7 Å². The number of carbonyl (C=O) groups excluding carboxylic acids is 2. The van der Waals surface area contributed by atoms with Crippen molar-refractivity contribution < 1.29 is 19.8 Å². The highest BCUT2D eigenvalue weighted by molar-refractivity contribution is 6.02. The number of hydrogen-bond donors (Lipinski definition) is 4. The molecule has 8 nitrogen and oxygen atoms in total. The van der Waals surface area contributed by atoms with E-state index in [4.69, 9.17) is 0 Å². The van der Waals surface area contributed by atoms with E-state index in [0.717, 1.165) is 5.56 Å². The third-order valence-electron chi connectivity index (χ3n) is 4.58. The Morgan fingerprint density at radius 3 is 2.38 bits per heavy atom. The summed E-state index contributed by atoms with van der Waals surface area (Å²) in [6.07, 6.45) is 0.500. The number of phenols is 1. The van der Waals surface area contributed by atoms with Gasteiger partial charge in [-0.3, -0.25) is 25.2 Å². The number of aryl methyl sites for hydroxylation is 2. The zero-order valence-corrected chi connectivity index (χ0v) is 15.8. The number of carbonyl (C=O) groups is 2. The Morgan fingerprint density at radius 1 is 1.00 bits per heavy atom. The summed E-state index contributed by atoms with van der Waals surface area (Å²) in [7, 11) is 0. The SMILES string of the molecule is CCn1c(=O)c(C(=O)NNC(=O)CCc2ccc(O)cc2)c(O)c2ccccc21. The van der Waals surface area contributed by atoms with Gasteiger partial charge in [-0.25, -0.2) is 0 Å². The van der Waals surface area contributed by atoms with E-state index < -0.39 is 28.7 Å². The van der Waals surface area contributed by atoms with Crippen LogP contribution in [0.15, 0.2) is 53.3 Å². The summed E-state index contributed by atoms with van der Waals surface area (Å²) in [5.74, 6) is -1.63. The second-order valence-corrected chi connectivity index (χ2v) is 6.46. The van der Waals surface area contributed by atoms with Crippen LogP contribution in [0.3, 0.4) is 0 Å². The number of aromatic hydroxyl groups is 2. The van der Waals surface area contributed by atoms with Crippen LogP contribution in [0.5, 0.6) is 11.5 Å². The lowest BCUT2D eigenvalue weighted by Gasteiger charge is -2.14. The van der Waals surface area contributed by atoms with Gasteiger partial charge in [0.05, 0.1) is 5.52 Å². The number of phenolic OH excluding ortho intramolecular Hbond substituents is 1. The Morgan fingerprint density at radius 2 is 1.69 bits per heavy atom. The summed E-state index contributed by atoms with van der Waals surface area (Å²) in [5, 5.41) is 20.1. The molecule has 0 bridgehead atoms. The molecule has 0 aliphatic carbocycles. The Kier molecular flexibility index (Phi) is 5.82. The van der Waals surface area contributed by atoms with Crippen LogP contribution >= 0.6 is 0 Å². The molecule has 0 fully saturated rings. The summed E-state index contributed by atoms with van der Waals surface area (Å²) in [5.41, 5.74) is 4.75. The zero-order chi connectivity index (χ0) is 21.0. The van der Waals surface area contributed by atoms with Gasteiger partial charge in [-0.1, -0.05) is 24.3 Å². The van der Waals surface area contributed by atoms with Gasteiger partial charge in [0, 0.05) is 18.4 Å². The first-order chi connectivity index (χ1) is 13.9. The maximum Gasteiger partial charge on any atom is 0.279 e. The number of nitrogens with zero attached hydrogens (tertiary/aromatic N) is 1. The van der Waals surface area contributed by atoms with Crippen molar-refractivity contribution in [3.8, 4) is 11.5 Å². The van der Waals surface area contributed by atoms with Crippen molar-refractivity contribution in [3.05, 3.63) is 70.0 Å². The number of rotatable bonds is 5. The molecule has 3 aromatic rings. The number of pyridine rings is 1. The minimum absolute atomic E-state index is 0.0912. The van der Waals surface area contributed by atoms with Crippen LogP contribution in [0.25, 0.3) is 10.9 Å². The number of amides is 2. The van der Waals surface area contributed by atoms with Crippen molar-refractivity contribution in [2.75, 3.05) is 0 Å². The molecule has 2 amide bonds. The molecule has 0 saturated heterocycles. The molecule has 1 heterocycles. The Bertz CT molecular complexity index is 1120. The zero-order valence-electron chi connectivity index (χ0n) is 15.8. The third kappa shape index (κ3) is 4.21. The topological polar surface area (TPSA) is 121 Å². The van der Waals surface area contributed by atoms with Crippen LogP contribution in [0, 0.1) is 0 Å². The normalized spacial score (nSPS) is 10.7. The Balaban J connectivity index is 1.72. The van der Waals surface area contributed by atoms with E-state index in [1.807, 2.05) is 0 Å². The lowest BCUT2D eigenvalue weighted by Crippen LogP contribution is -2.44. The lowest BCUT2D eigenvalue weighted by atomic mass is 10.1. The molecule has 8 heteroatoms. The number of fused-ring (bicyclic) bond motifs is 1. The fourth-order valence-electron chi connectivity index (χ4n) is 3.08. The van der Waals surface area contributed by atoms with Crippen molar-refractivity contribution in [2.24, 2.45) is 0 Å². The number of nitrogens with one attached hydrogen (secondary N) is 2. The minimum atomic E-state index is -0.890. The summed E-state index contributed by atoms with van der Waals surface area (Å²) in [4.78, 5) is 37.2. The van der Waals surface area contributed by atoms with Gasteiger partial charge in [0.25, 0.3) is 11.5 Å². The molecule has 0 radical (unpaired) electrons. The van der Waals surface area contributed by atoms with Crippen LogP contribution in [0.4, 0.5) is 0 Å². The molecule has 0 atom stereocenters. The average Bonchev–Trinajstić information content (AvgIpc) is 2.72. The predicted octanol–water partition coefficient (Wildman–Crippen LogP) is 1.83. The maximum absolute atomic E-state index is 12.7. The molecule has 0 spiro atoms. The molecule has 0 aliphatic rings. The van der Waals surface area contributed by atoms with Crippen LogP contribution < -0.4 is 16.4 Å². The Hall–Kier alpha value is -3.81. The molecule has 0 saturated carbocycles. The van der Waals surface area contributed by atoms with Crippen molar-refractivity contribution in [3.63, 3.8) is 0 Å². The molecule has 0 aliphatic heterocycles. The van der Waals surface area contributed by atoms with Gasteiger partial charge in [-0.2, -0.15) is 0 Å². The average molecular weight is 395 g/mol. The summed E-state index contributed by atoms with van der Waals surface area (Å²) < 4.78 is 1.39. The van der Waals surface area contributed by atoms with Crippen LogP contribution in [0.1, 0.15) is 29.3 Å². The predicted molar refractivity (Wildman–Crippen MR) is 108 cm³/mol. The first-order valence-electron chi connectivity index (χ1n) is 9.14. The van der Waals surface area contributed by atoms with E-state index in [1.54, 1.807) is 43.3 Å². The van der Waals surface area contributed by atoms with Crippen molar-refractivity contribution in [1.29, 1.82) is 0 Å². The fraction of sp³-hybridized carbons (Fsp3) is 0.190. The standard InChI is InChI=1S/C21H21N3O5/c1-2-24-16-6-4-3-5-15(16)19(27)18(21(24)29)20(28)23-22-17(26)12-9-13-7-10-14(25)11-8-13/h3-8,10-11,25,27H,2,9,12H2,1H3,(H,22,26)(H,23,28). The number of aromatic nitrogens is 1. The summed E-state index contributed by atoms with van der Waals surface area (Å²) in [6, 6.07) is 13.2. The van der Waals surface area contributed by atoms with Gasteiger partial charge in [0.15, 0.2) is 0 Å². The van der Waals surface area contributed by atoms with Crippen molar-refractivity contribution >= 4 is 22.7 Å². The van der Waals surface area contributed by atoms with Gasteiger partial charge in [0.1, 0.15) is 17.1 Å². The quantitative estimate of drug-likeness (QED) is 0.491. The molecule has 0 unspecified atom stereocenters. The number of hydrogen-bond acceptors (Lipinski definition) is 5. The maximum atomic E-state index is 12.7. The highest BCUT2D eigenvalue weighted by Crippen LogP contribution is 2.26. The smallest absolute Gasteiger partial charge is 0.279 e. The first-order valence-corrected chi connectivity index (χ1v) is 9.14. The number of benzene rings is 2. The van der Waals surface area contributed by atoms with E-state index in [2.05, 4.69) is 10.9 Å². The van der Waals surface area contributed by atoms with Gasteiger partial charge in [-0.05, 0) is 43.2 Å². The lowest BCUT2D eigenvalue weighted by molar-refractivity contribution is -0.121. The summed E-state index contributed by atoms with van der Waals surface area (Å²) >= 11 is 0. The first kappa shape index (κ1) is 19.9. The largest absolute Gasteiger partial charge is 0.508 e. The van der Waals surface area contributed by atoms with Gasteiger partial charge in [-0.15, -0.1) is 0 Å². The van der Waals surface area contributed by atoms with Crippen molar-refractivity contribution in [1.82, 2.24) is 15.4 Å². The molecular weight excluding hydrogens is 374 g/mol. The van der Waals surface area contributed by atoms with Gasteiger partial charge in [0.2, 0.25) is 5.91 Å². The molecule has 1 aromatic heterocycles. The Labute approximate surface area is 166 Å². The highest BCUT2D eigenvalue weighted by atomic mass is 16.3. The van der Waals surface area contributed by atoms with Gasteiger partial charge >= 0.3 is 0 Å².